The van der Waals surface area contributed by atoms with Gasteiger partial charge in [0.05, 0.1) is 17.2 Å². The number of rotatable bonds is 4. The first-order valence-corrected chi connectivity index (χ1v) is 7.42. The molecular weight excluding hydrogens is 294 g/mol. The van der Waals surface area contributed by atoms with Crippen LogP contribution in [-0.4, -0.2) is 15.6 Å². The zero-order valence-electron chi connectivity index (χ0n) is 12.9. The number of nitrogens with zero attached hydrogens (tertiary/aromatic N) is 2. The summed E-state index contributed by atoms with van der Waals surface area (Å²) in [6, 6.07) is 10.2. The highest BCUT2D eigenvalue weighted by molar-refractivity contribution is 5.97. The molecule has 0 atom stereocenters. The van der Waals surface area contributed by atoms with Crippen molar-refractivity contribution >= 4 is 16.8 Å². The predicted molar refractivity (Wildman–Crippen MR) is 86.9 cm³/mol. The smallest absolute Gasteiger partial charge is 0.305 e. The van der Waals surface area contributed by atoms with E-state index >= 15 is 0 Å². The quantitative estimate of drug-likeness (QED) is 0.803. The lowest BCUT2D eigenvalue weighted by atomic mass is 10.1. The third-order valence-corrected chi connectivity index (χ3v) is 3.39. The number of carbonyl (C=O) groups excluding carboxylic acids is 1. The highest BCUT2D eigenvalue weighted by atomic mass is 16.3. The molecule has 0 saturated carbocycles. The van der Waals surface area contributed by atoms with Crippen LogP contribution >= 0.6 is 0 Å². The van der Waals surface area contributed by atoms with Gasteiger partial charge < -0.3 is 4.42 Å². The monoisotopic (exact) mass is 311 g/mol. The molecule has 3 rings (SSSR count). The fourth-order valence-corrected chi connectivity index (χ4v) is 2.36. The highest BCUT2D eigenvalue weighted by Crippen LogP contribution is 2.11. The average molecular weight is 311 g/mol. The summed E-state index contributed by atoms with van der Waals surface area (Å²) in [5, 5.41) is 0.458. The van der Waals surface area contributed by atoms with Gasteiger partial charge in [0.1, 0.15) is 5.82 Å². The Balaban J connectivity index is 2.10. The number of nitrogens with one attached hydrogen (secondary N) is 1. The van der Waals surface area contributed by atoms with E-state index in [9.17, 15) is 9.59 Å². The molecule has 1 N–H and O–H groups in total. The predicted octanol–water partition coefficient (Wildman–Crippen LogP) is 2.57. The van der Waals surface area contributed by atoms with Crippen LogP contribution in [0.3, 0.4) is 0 Å². The Morgan fingerprint density at radius 2 is 2.04 bits per heavy atom. The van der Waals surface area contributed by atoms with Gasteiger partial charge in [0, 0.05) is 6.42 Å². The largest absolute Gasteiger partial charge is 0.459 e. The molecule has 0 radical (unpaired) electrons. The van der Waals surface area contributed by atoms with Crippen molar-refractivity contribution in [3.8, 4) is 0 Å². The molecule has 0 aliphatic rings. The molecule has 118 valence electrons. The van der Waals surface area contributed by atoms with Crippen molar-refractivity contribution in [2.24, 2.45) is 5.92 Å². The van der Waals surface area contributed by atoms with Crippen molar-refractivity contribution in [2.45, 2.75) is 20.3 Å². The fraction of sp³-hybridized carbons (Fsp3) is 0.235. The van der Waals surface area contributed by atoms with E-state index < -0.39 is 5.91 Å². The molecule has 2 aromatic heterocycles. The first kappa shape index (κ1) is 15.0. The molecule has 3 aromatic rings. The Labute approximate surface area is 132 Å². The number of benzene rings is 1. The Morgan fingerprint density at radius 3 is 2.74 bits per heavy atom. The van der Waals surface area contributed by atoms with Gasteiger partial charge in [-0.2, -0.15) is 0 Å². The molecule has 0 aliphatic carbocycles. The number of amides is 1. The van der Waals surface area contributed by atoms with Crippen molar-refractivity contribution in [2.75, 3.05) is 5.43 Å². The minimum absolute atomic E-state index is 0.139. The molecule has 0 aliphatic heterocycles. The van der Waals surface area contributed by atoms with E-state index in [2.05, 4.69) is 10.4 Å². The summed E-state index contributed by atoms with van der Waals surface area (Å²) in [5.74, 6) is 0.457. The standard InChI is InChI=1S/C17H17N3O3/c1-11(2)10-15-18-13-7-4-3-6-12(13)17(22)20(15)19-16(21)14-8-5-9-23-14/h3-9,11H,10H2,1-2H3,(H,19,21). The number of furan rings is 1. The second-order valence-electron chi connectivity index (χ2n) is 5.70. The van der Waals surface area contributed by atoms with Crippen LogP contribution in [-0.2, 0) is 6.42 Å². The molecular formula is C17H17N3O3. The zero-order valence-corrected chi connectivity index (χ0v) is 12.9. The summed E-state index contributed by atoms with van der Waals surface area (Å²) >= 11 is 0. The third-order valence-electron chi connectivity index (χ3n) is 3.39. The maximum atomic E-state index is 12.7. The molecule has 23 heavy (non-hydrogen) atoms. The van der Waals surface area contributed by atoms with Crippen LogP contribution in [0.15, 0.2) is 51.9 Å². The summed E-state index contributed by atoms with van der Waals surface area (Å²) in [6.45, 7) is 4.06. The molecule has 6 heteroatoms. The van der Waals surface area contributed by atoms with Crippen LogP contribution in [0, 0.1) is 5.92 Å². The lowest BCUT2D eigenvalue weighted by Crippen LogP contribution is -2.36. The highest BCUT2D eigenvalue weighted by Gasteiger charge is 2.16. The Hall–Kier alpha value is -2.89. The van der Waals surface area contributed by atoms with Gasteiger partial charge >= 0.3 is 5.91 Å². The first-order valence-electron chi connectivity index (χ1n) is 7.42. The number of carbonyl (C=O) groups is 1. The van der Waals surface area contributed by atoms with Gasteiger partial charge in [0.15, 0.2) is 5.76 Å². The molecule has 1 aromatic carbocycles. The normalized spacial score (nSPS) is 11.1. The number of aromatic nitrogens is 2. The van der Waals surface area contributed by atoms with Gasteiger partial charge in [0.25, 0.3) is 5.56 Å². The number of fused-ring (bicyclic) bond motifs is 1. The minimum Gasteiger partial charge on any atom is -0.459 e. The first-order chi connectivity index (χ1) is 11.1. The van der Waals surface area contributed by atoms with Gasteiger partial charge in [0.2, 0.25) is 0 Å². The van der Waals surface area contributed by atoms with E-state index in [1.807, 2.05) is 19.9 Å². The molecule has 6 nitrogen and oxygen atoms in total. The molecule has 0 bridgehead atoms. The second-order valence-corrected chi connectivity index (χ2v) is 5.70. The summed E-state index contributed by atoms with van der Waals surface area (Å²) < 4.78 is 6.28. The van der Waals surface area contributed by atoms with Crippen molar-refractivity contribution in [3.63, 3.8) is 0 Å². The topological polar surface area (TPSA) is 77.1 Å². The number of hydrogen-bond donors (Lipinski definition) is 1. The van der Waals surface area contributed by atoms with Gasteiger partial charge in [-0.05, 0) is 30.2 Å². The van der Waals surface area contributed by atoms with Crippen LogP contribution in [0.5, 0.6) is 0 Å². The van der Waals surface area contributed by atoms with Gasteiger partial charge in [-0.15, -0.1) is 0 Å². The number of hydrogen-bond acceptors (Lipinski definition) is 4. The molecule has 1 amide bonds. The van der Waals surface area contributed by atoms with Crippen LogP contribution in [0.25, 0.3) is 10.9 Å². The Kier molecular flexibility index (Phi) is 3.97. The molecule has 2 heterocycles. The van der Waals surface area contributed by atoms with Crippen molar-refractivity contribution in [1.29, 1.82) is 0 Å². The summed E-state index contributed by atoms with van der Waals surface area (Å²) in [4.78, 5) is 29.5. The van der Waals surface area contributed by atoms with E-state index in [0.717, 1.165) is 0 Å². The van der Waals surface area contributed by atoms with Crippen LogP contribution in [0.1, 0.15) is 30.2 Å². The molecule has 0 fully saturated rings. The van der Waals surface area contributed by atoms with Gasteiger partial charge in [-0.1, -0.05) is 26.0 Å². The zero-order chi connectivity index (χ0) is 16.4. The lowest BCUT2D eigenvalue weighted by molar-refractivity contribution is 0.0979. The molecule has 0 spiro atoms. The second kappa shape index (κ2) is 6.08. The maximum absolute atomic E-state index is 12.7. The van der Waals surface area contributed by atoms with Crippen LogP contribution in [0.2, 0.25) is 0 Å². The SMILES string of the molecule is CC(C)Cc1nc2ccccc2c(=O)n1NC(=O)c1ccco1. The van der Waals surface area contributed by atoms with E-state index in [4.69, 9.17) is 4.42 Å². The third kappa shape index (κ3) is 3.01. The summed E-state index contributed by atoms with van der Waals surface area (Å²) in [6.07, 6.45) is 1.98. The number of para-hydroxylation sites is 1. The van der Waals surface area contributed by atoms with Crippen molar-refractivity contribution in [3.05, 3.63) is 64.6 Å². The van der Waals surface area contributed by atoms with E-state index in [0.29, 0.717) is 23.1 Å². The summed E-state index contributed by atoms with van der Waals surface area (Å²) in [7, 11) is 0. The summed E-state index contributed by atoms with van der Waals surface area (Å²) in [5.41, 5.74) is 2.91. The van der Waals surface area contributed by atoms with Gasteiger partial charge in [-0.25, -0.2) is 9.66 Å². The van der Waals surface area contributed by atoms with Crippen LogP contribution < -0.4 is 11.0 Å². The molecule has 0 unspecified atom stereocenters. The van der Waals surface area contributed by atoms with Gasteiger partial charge in [-0.3, -0.25) is 15.0 Å². The Bertz CT molecular complexity index is 895. The average Bonchev–Trinajstić information content (AvgIpc) is 3.05. The fourth-order valence-electron chi connectivity index (χ4n) is 2.36. The minimum atomic E-state index is -0.487. The lowest BCUT2D eigenvalue weighted by Gasteiger charge is -2.15. The van der Waals surface area contributed by atoms with E-state index in [1.54, 1.807) is 24.3 Å². The van der Waals surface area contributed by atoms with Crippen molar-refractivity contribution in [1.82, 2.24) is 9.66 Å². The van der Waals surface area contributed by atoms with E-state index in [-0.39, 0.29) is 17.2 Å². The molecule has 0 saturated heterocycles. The van der Waals surface area contributed by atoms with E-state index in [1.165, 1.54) is 17.0 Å². The Morgan fingerprint density at radius 1 is 1.26 bits per heavy atom. The van der Waals surface area contributed by atoms with Crippen LogP contribution in [0.4, 0.5) is 0 Å². The maximum Gasteiger partial charge on any atom is 0.305 e. The van der Waals surface area contributed by atoms with Crippen molar-refractivity contribution < 1.29 is 9.21 Å².